The summed E-state index contributed by atoms with van der Waals surface area (Å²) in [5.74, 6) is -3.41. The minimum Gasteiger partial charge on any atom is -0.478 e. The Bertz CT molecular complexity index is 2130. The van der Waals surface area contributed by atoms with Gasteiger partial charge in [0.05, 0.1) is 49.6 Å². The molecule has 5 N–H and O–H groups in total. The van der Waals surface area contributed by atoms with Crippen LogP contribution in [0, 0.1) is 30.3 Å². The van der Waals surface area contributed by atoms with Crippen molar-refractivity contribution in [2.75, 3.05) is 22.6 Å². The van der Waals surface area contributed by atoms with Gasteiger partial charge in [0.2, 0.25) is 17.6 Å². The summed E-state index contributed by atoms with van der Waals surface area (Å²) in [4.78, 5) is 82.1. The van der Waals surface area contributed by atoms with Crippen molar-refractivity contribution in [3.63, 3.8) is 0 Å². The highest BCUT2D eigenvalue weighted by atomic mass is 35.5. The van der Waals surface area contributed by atoms with Gasteiger partial charge in [-0.15, -0.1) is 0 Å². The van der Waals surface area contributed by atoms with E-state index in [1.165, 1.54) is 43.5 Å². The summed E-state index contributed by atoms with van der Waals surface area (Å²) >= 11 is 5.74. The van der Waals surface area contributed by atoms with Crippen LogP contribution < -0.4 is 16.0 Å². The second kappa shape index (κ2) is 21.9. The molecule has 304 valence electrons. The standard InChI is InChI=1S/C9H9ClN2O4.C9H7F3N2O3.C9H8N2O5.C5H4O3/c1-2-16-9(13)11-8-4-3-6(12(14)15)5-7(8)10;1-5(15)13-6-2-3-8(14(16)17)7(4-6)9(10,11)12;1-5(12)10-8-3-2-6(11(15)16)4-7(8)9(13)14;6-5(7)4-2-1-3-8-4/h3-5H,2H2,1H3,(H,11,13);2-4H,1H3,(H,13,15);2-4H,1H3,(H,10,12)(H,13,14);1-3H,(H,6,7). The summed E-state index contributed by atoms with van der Waals surface area (Å²) in [5, 5.41) is 55.1. The van der Waals surface area contributed by atoms with Crippen molar-refractivity contribution in [2.24, 2.45) is 0 Å². The van der Waals surface area contributed by atoms with Crippen LogP contribution in [0.5, 0.6) is 0 Å². The smallest absolute Gasteiger partial charge is 0.423 e. The number of non-ortho nitro benzene ring substituents is 2. The summed E-state index contributed by atoms with van der Waals surface area (Å²) in [7, 11) is 0. The highest BCUT2D eigenvalue weighted by Crippen LogP contribution is 2.37. The van der Waals surface area contributed by atoms with E-state index in [1.807, 2.05) is 0 Å². The molecule has 3 aromatic carbocycles. The van der Waals surface area contributed by atoms with Crippen LogP contribution in [0.1, 0.15) is 47.2 Å². The van der Waals surface area contributed by atoms with Crippen LogP contribution in [0.2, 0.25) is 5.02 Å². The maximum atomic E-state index is 12.5. The van der Waals surface area contributed by atoms with Gasteiger partial charge in [0.25, 0.3) is 17.1 Å². The predicted molar refractivity (Wildman–Crippen MR) is 191 cm³/mol. The highest BCUT2D eigenvalue weighted by molar-refractivity contribution is 6.33. The summed E-state index contributed by atoms with van der Waals surface area (Å²) in [6.45, 7) is 4.23. The molecule has 0 fully saturated rings. The Morgan fingerprint density at radius 2 is 1.33 bits per heavy atom. The molecule has 25 heteroatoms. The predicted octanol–water partition coefficient (Wildman–Crippen LogP) is 7.62. The second-order valence-corrected chi connectivity index (χ2v) is 10.6. The lowest BCUT2D eigenvalue weighted by molar-refractivity contribution is -0.388. The number of halogens is 4. The van der Waals surface area contributed by atoms with Crippen molar-refractivity contribution in [1.82, 2.24) is 0 Å². The number of alkyl halides is 3. The average Bonchev–Trinajstić information content (AvgIpc) is 3.65. The number of nitrogens with zero attached hydrogens (tertiary/aromatic N) is 3. The van der Waals surface area contributed by atoms with Crippen molar-refractivity contribution < 1.29 is 71.3 Å². The number of nitro benzene ring substituents is 3. The molecule has 4 rings (SSSR count). The Morgan fingerprint density at radius 1 is 0.772 bits per heavy atom. The molecular weight excluding hydrogens is 801 g/mol. The Labute approximate surface area is 321 Å². The second-order valence-electron chi connectivity index (χ2n) is 10.2. The molecule has 1 aromatic heterocycles. The number of carbonyl (C=O) groups is 5. The van der Waals surface area contributed by atoms with Gasteiger partial charge in [-0.2, -0.15) is 13.2 Å². The number of nitro groups is 3. The van der Waals surface area contributed by atoms with Crippen LogP contribution in [0.4, 0.5) is 52.1 Å². The largest absolute Gasteiger partial charge is 0.478 e. The topological polar surface area (TPSA) is 314 Å². The third-order valence-electron chi connectivity index (χ3n) is 5.98. The van der Waals surface area contributed by atoms with E-state index in [4.69, 9.17) is 21.8 Å². The number of carbonyl (C=O) groups excluding carboxylic acids is 3. The van der Waals surface area contributed by atoms with Gasteiger partial charge >= 0.3 is 24.2 Å². The molecule has 0 aliphatic heterocycles. The lowest BCUT2D eigenvalue weighted by Gasteiger charge is -2.09. The zero-order valence-corrected chi connectivity index (χ0v) is 29.9. The Morgan fingerprint density at radius 3 is 1.74 bits per heavy atom. The van der Waals surface area contributed by atoms with Gasteiger partial charge in [0.15, 0.2) is 0 Å². The number of aromatic carboxylic acids is 2. The van der Waals surface area contributed by atoms with Gasteiger partial charge in [-0.05, 0) is 43.3 Å². The van der Waals surface area contributed by atoms with E-state index < -0.39 is 62.0 Å². The number of anilines is 3. The van der Waals surface area contributed by atoms with Crippen LogP contribution in [0.25, 0.3) is 0 Å². The van der Waals surface area contributed by atoms with Gasteiger partial charge in [0.1, 0.15) is 5.56 Å². The van der Waals surface area contributed by atoms with E-state index in [9.17, 15) is 67.5 Å². The van der Waals surface area contributed by atoms with Crippen LogP contribution >= 0.6 is 11.6 Å². The maximum absolute atomic E-state index is 12.5. The third-order valence-corrected chi connectivity index (χ3v) is 6.29. The lowest BCUT2D eigenvalue weighted by atomic mass is 10.1. The number of benzene rings is 3. The number of carboxylic acids is 2. The molecule has 0 spiro atoms. The normalized spacial score (nSPS) is 9.95. The molecule has 0 aliphatic rings. The number of rotatable bonds is 9. The Balaban J connectivity index is 0.000000390. The number of carboxylic acid groups (broad SMARTS) is 2. The summed E-state index contributed by atoms with van der Waals surface area (Å²) in [6, 6.07) is 12.1. The van der Waals surface area contributed by atoms with Gasteiger partial charge in [0, 0.05) is 49.9 Å². The first-order valence-corrected chi connectivity index (χ1v) is 15.4. The Kier molecular flexibility index (Phi) is 18.2. The molecule has 0 unspecified atom stereocenters. The Hall–Kier alpha value is -7.63. The number of nitrogens with one attached hydrogen (secondary N) is 3. The minimum absolute atomic E-state index is 0.0231. The molecule has 0 saturated carbocycles. The molecule has 1 heterocycles. The maximum Gasteiger partial charge on any atom is 0.423 e. The molecule has 0 bridgehead atoms. The van der Waals surface area contributed by atoms with Crippen LogP contribution in [0.3, 0.4) is 0 Å². The van der Waals surface area contributed by atoms with Crippen molar-refractivity contribution in [1.29, 1.82) is 0 Å². The van der Waals surface area contributed by atoms with Crippen molar-refractivity contribution >= 4 is 75.6 Å². The molecule has 0 saturated heterocycles. The van der Waals surface area contributed by atoms with Crippen LogP contribution in [-0.2, 0) is 20.5 Å². The first kappa shape index (κ1) is 47.4. The van der Waals surface area contributed by atoms with Gasteiger partial charge in [-0.3, -0.25) is 45.2 Å². The number of amides is 3. The van der Waals surface area contributed by atoms with E-state index in [1.54, 1.807) is 6.92 Å². The van der Waals surface area contributed by atoms with E-state index in [-0.39, 0.29) is 51.4 Å². The fourth-order valence-corrected chi connectivity index (χ4v) is 3.94. The first-order valence-electron chi connectivity index (χ1n) is 15.0. The highest BCUT2D eigenvalue weighted by Gasteiger charge is 2.38. The molecule has 3 amide bonds. The van der Waals surface area contributed by atoms with Crippen LogP contribution in [-0.4, -0.2) is 61.4 Å². The van der Waals surface area contributed by atoms with Crippen molar-refractivity contribution in [3.05, 3.63) is 125 Å². The first-order chi connectivity index (χ1) is 26.5. The average molecular weight is 829 g/mol. The van der Waals surface area contributed by atoms with E-state index in [0.717, 1.165) is 31.2 Å². The number of hydrogen-bond donors (Lipinski definition) is 5. The SMILES string of the molecule is CC(=O)Nc1ccc([N+](=O)[O-])c(C(F)(F)F)c1.CC(=O)Nc1ccc([N+](=O)[O-])cc1C(=O)O.CCOC(=O)Nc1ccc([N+](=O)[O-])cc1Cl.O=C(O)c1ccco1. The fourth-order valence-electron chi connectivity index (χ4n) is 3.72. The van der Waals surface area contributed by atoms with Gasteiger partial charge in [-0.25, -0.2) is 14.4 Å². The van der Waals surface area contributed by atoms with Gasteiger partial charge in [-0.1, -0.05) is 11.6 Å². The quantitative estimate of drug-likeness (QED) is 0.0800. The number of ether oxygens (including phenoxy) is 1. The van der Waals surface area contributed by atoms with Crippen molar-refractivity contribution in [2.45, 2.75) is 26.9 Å². The molecule has 4 aromatic rings. The number of hydrogen-bond acceptors (Lipinski definition) is 13. The zero-order chi connectivity index (χ0) is 43.6. The molecule has 57 heavy (non-hydrogen) atoms. The summed E-state index contributed by atoms with van der Waals surface area (Å²) in [6.07, 6.45) is -4.18. The van der Waals surface area contributed by atoms with Crippen molar-refractivity contribution in [3.8, 4) is 0 Å². The minimum atomic E-state index is -4.85. The molecule has 0 aliphatic carbocycles. The fraction of sp³-hybridized carbons (Fsp3) is 0.156. The molecular formula is C32H28ClF3N6O15. The van der Waals surface area contributed by atoms with Gasteiger partial charge < -0.3 is 30.0 Å². The zero-order valence-electron chi connectivity index (χ0n) is 29.2. The summed E-state index contributed by atoms with van der Waals surface area (Å²) < 4.78 is 46.7. The van der Waals surface area contributed by atoms with E-state index >= 15 is 0 Å². The third kappa shape index (κ3) is 16.5. The summed E-state index contributed by atoms with van der Waals surface area (Å²) in [5.41, 5.74) is -3.08. The monoisotopic (exact) mass is 828 g/mol. The molecule has 0 atom stereocenters. The molecule has 21 nitrogen and oxygen atoms in total. The van der Waals surface area contributed by atoms with E-state index in [0.29, 0.717) is 12.1 Å². The molecule has 0 radical (unpaired) electrons. The van der Waals surface area contributed by atoms with E-state index in [2.05, 4.69) is 25.1 Å². The lowest BCUT2D eigenvalue weighted by Crippen LogP contribution is -2.13. The van der Waals surface area contributed by atoms with Crippen LogP contribution in [0.15, 0.2) is 77.4 Å². The number of furan rings is 1.